The average Bonchev–Trinajstić information content (AvgIpc) is 3.32. The van der Waals surface area contributed by atoms with Gasteiger partial charge in [0.15, 0.2) is 11.6 Å². The molecule has 3 aromatic heterocycles. The molecule has 0 unspecified atom stereocenters. The Morgan fingerprint density at radius 2 is 2.07 bits per heavy atom. The minimum Gasteiger partial charge on any atom is -0.311 e. The van der Waals surface area contributed by atoms with E-state index in [2.05, 4.69) is 30.6 Å². The molecule has 140 valence electrons. The van der Waals surface area contributed by atoms with Gasteiger partial charge in [0.2, 0.25) is 5.91 Å². The number of rotatable bonds is 4. The van der Waals surface area contributed by atoms with Crippen LogP contribution in [0.15, 0.2) is 49.1 Å². The summed E-state index contributed by atoms with van der Waals surface area (Å²) in [4.78, 5) is 19.3. The van der Waals surface area contributed by atoms with Gasteiger partial charge in [-0.3, -0.25) is 9.89 Å². The summed E-state index contributed by atoms with van der Waals surface area (Å²) in [6.07, 6.45) is 3.99. The summed E-state index contributed by atoms with van der Waals surface area (Å²) in [7, 11) is 0. The fraction of sp³-hybridized carbons (Fsp3) is 0.0556. The molecule has 0 bridgehead atoms. The first-order chi connectivity index (χ1) is 13.5. The van der Waals surface area contributed by atoms with Crippen LogP contribution in [0.1, 0.15) is 6.92 Å². The molecule has 1 amide bonds. The Balaban J connectivity index is 1.90. The van der Waals surface area contributed by atoms with Gasteiger partial charge in [0.25, 0.3) is 0 Å². The van der Waals surface area contributed by atoms with E-state index in [1.165, 1.54) is 24.0 Å². The molecule has 0 atom stereocenters. The van der Waals surface area contributed by atoms with Gasteiger partial charge in [-0.1, -0.05) is 29.8 Å². The summed E-state index contributed by atoms with van der Waals surface area (Å²) < 4.78 is 15.8. The summed E-state index contributed by atoms with van der Waals surface area (Å²) >= 11 is 6.33. The van der Waals surface area contributed by atoms with Crippen molar-refractivity contribution in [3.05, 3.63) is 59.9 Å². The van der Waals surface area contributed by atoms with Crippen LogP contribution in [0.4, 0.5) is 10.2 Å². The average molecular weight is 398 g/mol. The lowest BCUT2D eigenvalue weighted by molar-refractivity contribution is -0.114. The molecule has 0 saturated carbocycles. The quantitative estimate of drug-likeness (QED) is 0.549. The predicted molar refractivity (Wildman–Crippen MR) is 101 cm³/mol. The number of carbonyl (C=O) groups excluding carboxylic acids is 1. The SMILES string of the molecule is CC(=O)Nc1cc(-n2cc(-c3ncn[nH]3)c(-c3ccccc3Cl)n2)c(F)cn1. The number of hydrogen-bond donors (Lipinski definition) is 2. The maximum Gasteiger partial charge on any atom is 0.222 e. The van der Waals surface area contributed by atoms with Crippen LogP contribution in [0.25, 0.3) is 28.3 Å². The molecular formula is C18H13ClFN7O. The molecule has 0 aliphatic carbocycles. The third kappa shape index (κ3) is 3.35. The summed E-state index contributed by atoms with van der Waals surface area (Å²) in [5, 5.41) is 14.2. The van der Waals surface area contributed by atoms with Crippen molar-refractivity contribution in [1.29, 1.82) is 0 Å². The van der Waals surface area contributed by atoms with Crippen LogP contribution in [0.3, 0.4) is 0 Å². The van der Waals surface area contributed by atoms with Crippen molar-refractivity contribution >= 4 is 23.3 Å². The van der Waals surface area contributed by atoms with E-state index < -0.39 is 5.82 Å². The van der Waals surface area contributed by atoms with Crippen LogP contribution in [-0.4, -0.2) is 35.9 Å². The zero-order valence-corrected chi connectivity index (χ0v) is 15.3. The van der Waals surface area contributed by atoms with Crippen molar-refractivity contribution in [2.24, 2.45) is 0 Å². The van der Waals surface area contributed by atoms with Crippen LogP contribution in [0, 0.1) is 5.82 Å². The van der Waals surface area contributed by atoms with E-state index in [1.54, 1.807) is 24.4 Å². The Kier molecular flexibility index (Phi) is 4.58. The second-order valence-corrected chi connectivity index (χ2v) is 6.26. The highest BCUT2D eigenvalue weighted by atomic mass is 35.5. The zero-order valence-electron chi connectivity index (χ0n) is 14.5. The number of halogens is 2. The molecule has 8 nitrogen and oxygen atoms in total. The van der Waals surface area contributed by atoms with Gasteiger partial charge in [-0.15, -0.1) is 0 Å². The monoisotopic (exact) mass is 397 g/mol. The van der Waals surface area contributed by atoms with Crippen molar-refractivity contribution in [2.45, 2.75) is 6.92 Å². The van der Waals surface area contributed by atoms with E-state index >= 15 is 0 Å². The summed E-state index contributed by atoms with van der Waals surface area (Å²) in [5.74, 6) is -0.256. The molecule has 0 spiro atoms. The number of hydrogen-bond acceptors (Lipinski definition) is 5. The number of nitrogens with one attached hydrogen (secondary N) is 2. The van der Waals surface area contributed by atoms with E-state index in [9.17, 15) is 9.18 Å². The topological polar surface area (TPSA) is 101 Å². The molecule has 0 aliphatic rings. The number of anilines is 1. The number of aromatic amines is 1. The van der Waals surface area contributed by atoms with Gasteiger partial charge in [0, 0.05) is 24.8 Å². The van der Waals surface area contributed by atoms with E-state index in [1.807, 2.05) is 6.07 Å². The molecule has 10 heteroatoms. The van der Waals surface area contributed by atoms with Crippen molar-refractivity contribution in [3.63, 3.8) is 0 Å². The molecule has 0 saturated heterocycles. The molecule has 4 rings (SSSR count). The zero-order chi connectivity index (χ0) is 19.7. The van der Waals surface area contributed by atoms with E-state index in [0.717, 1.165) is 6.20 Å². The van der Waals surface area contributed by atoms with Crippen molar-refractivity contribution in [3.8, 4) is 28.3 Å². The van der Waals surface area contributed by atoms with Gasteiger partial charge in [-0.2, -0.15) is 10.2 Å². The highest BCUT2D eigenvalue weighted by molar-refractivity contribution is 6.33. The first-order valence-corrected chi connectivity index (χ1v) is 8.54. The van der Waals surface area contributed by atoms with Crippen molar-refractivity contribution in [1.82, 2.24) is 29.9 Å². The lowest BCUT2D eigenvalue weighted by atomic mass is 10.1. The Hall–Kier alpha value is -3.59. The van der Waals surface area contributed by atoms with Crippen LogP contribution in [-0.2, 0) is 4.79 Å². The summed E-state index contributed by atoms with van der Waals surface area (Å²) in [5.41, 5.74) is 1.85. The lowest BCUT2D eigenvalue weighted by Gasteiger charge is -2.06. The van der Waals surface area contributed by atoms with E-state index in [4.69, 9.17) is 11.6 Å². The predicted octanol–water partition coefficient (Wildman–Crippen LogP) is 3.47. The first kappa shape index (κ1) is 17.8. The van der Waals surface area contributed by atoms with Gasteiger partial charge in [0.05, 0.1) is 16.8 Å². The molecule has 3 heterocycles. The molecule has 0 aliphatic heterocycles. The molecule has 4 aromatic rings. The maximum absolute atomic E-state index is 14.5. The minimum absolute atomic E-state index is 0.109. The van der Waals surface area contributed by atoms with Gasteiger partial charge in [0.1, 0.15) is 23.5 Å². The number of aromatic nitrogens is 6. The molecule has 28 heavy (non-hydrogen) atoms. The fourth-order valence-corrected chi connectivity index (χ4v) is 2.94. The van der Waals surface area contributed by atoms with Crippen LogP contribution in [0.5, 0.6) is 0 Å². The van der Waals surface area contributed by atoms with Crippen LogP contribution < -0.4 is 5.32 Å². The number of benzene rings is 1. The lowest BCUT2D eigenvalue weighted by Crippen LogP contribution is -2.09. The van der Waals surface area contributed by atoms with E-state index in [0.29, 0.717) is 27.7 Å². The normalized spacial score (nSPS) is 10.8. The number of carbonyl (C=O) groups is 1. The highest BCUT2D eigenvalue weighted by Gasteiger charge is 2.19. The Morgan fingerprint density at radius 3 is 2.79 bits per heavy atom. The smallest absolute Gasteiger partial charge is 0.222 e. The number of H-pyrrole nitrogens is 1. The maximum atomic E-state index is 14.5. The molecule has 0 radical (unpaired) electrons. The summed E-state index contributed by atoms with van der Waals surface area (Å²) in [6.45, 7) is 1.34. The third-order valence-electron chi connectivity index (χ3n) is 3.90. The summed E-state index contributed by atoms with van der Waals surface area (Å²) in [6, 6.07) is 8.57. The second kappa shape index (κ2) is 7.20. The Bertz CT molecular complexity index is 1160. The van der Waals surface area contributed by atoms with Crippen molar-refractivity contribution in [2.75, 3.05) is 5.32 Å². The third-order valence-corrected chi connectivity index (χ3v) is 4.23. The fourth-order valence-electron chi connectivity index (χ4n) is 2.71. The van der Waals surface area contributed by atoms with Gasteiger partial charge in [-0.05, 0) is 6.07 Å². The van der Waals surface area contributed by atoms with Crippen LogP contribution >= 0.6 is 11.6 Å². The second-order valence-electron chi connectivity index (χ2n) is 5.85. The molecular weight excluding hydrogens is 385 g/mol. The highest BCUT2D eigenvalue weighted by Crippen LogP contribution is 2.34. The molecule has 0 fully saturated rings. The largest absolute Gasteiger partial charge is 0.311 e. The Morgan fingerprint density at radius 1 is 1.25 bits per heavy atom. The standard InChI is InChI=1S/C18H13ClFN7O/c1-10(28)24-16-6-15(14(20)7-21-16)27-8-12(18-22-9-23-25-18)17(26-27)11-4-2-3-5-13(11)19/h2-9H,1H3,(H,21,24,28)(H,22,23,25). The van der Waals surface area contributed by atoms with Crippen molar-refractivity contribution < 1.29 is 9.18 Å². The van der Waals surface area contributed by atoms with Crippen LogP contribution in [0.2, 0.25) is 5.02 Å². The number of amides is 1. The van der Waals surface area contributed by atoms with Gasteiger partial charge >= 0.3 is 0 Å². The number of pyridine rings is 1. The van der Waals surface area contributed by atoms with E-state index in [-0.39, 0.29) is 17.4 Å². The Labute approximate surface area is 163 Å². The molecule has 2 N–H and O–H groups in total. The minimum atomic E-state index is -0.605. The number of nitrogens with zero attached hydrogens (tertiary/aromatic N) is 5. The molecule has 1 aromatic carbocycles. The van der Waals surface area contributed by atoms with Gasteiger partial charge in [-0.25, -0.2) is 19.0 Å². The van der Waals surface area contributed by atoms with Gasteiger partial charge < -0.3 is 5.32 Å². The first-order valence-electron chi connectivity index (χ1n) is 8.16.